The number of nitrogens with zero attached hydrogens (tertiary/aromatic N) is 2. The molecule has 114 valence electrons. The third kappa shape index (κ3) is 2.80. The van der Waals surface area contributed by atoms with E-state index in [1.165, 1.54) is 0 Å². The summed E-state index contributed by atoms with van der Waals surface area (Å²) in [5.41, 5.74) is 0.454. The molecule has 0 spiro atoms. The number of carbonyl (C=O) groups is 1. The van der Waals surface area contributed by atoms with Crippen LogP contribution in [0.1, 0.15) is 29.8 Å². The van der Waals surface area contributed by atoms with Gasteiger partial charge < -0.3 is 14.4 Å². The summed E-state index contributed by atoms with van der Waals surface area (Å²) in [6, 6.07) is 5.45. The molecule has 0 N–H and O–H groups in total. The number of pyridine rings is 1. The van der Waals surface area contributed by atoms with Crippen molar-refractivity contribution in [2.24, 2.45) is 5.41 Å². The van der Waals surface area contributed by atoms with E-state index in [0.29, 0.717) is 18.8 Å². The van der Waals surface area contributed by atoms with Gasteiger partial charge in [0.15, 0.2) is 0 Å². The van der Waals surface area contributed by atoms with Crippen molar-refractivity contribution in [3.63, 3.8) is 0 Å². The molecule has 3 heterocycles. The highest BCUT2D eigenvalue weighted by Gasteiger charge is 2.47. The first-order chi connectivity index (χ1) is 10.2. The van der Waals surface area contributed by atoms with Gasteiger partial charge in [-0.2, -0.15) is 0 Å². The molecule has 5 heteroatoms. The smallest absolute Gasteiger partial charge is 0.272 e. The van der Waals surface area contributed by atoms with Gasteiger partial charge >= 0.3 is 0 Å². The fourth-order valence-electron chi connectivity index (χ4n) is 3.61. The monoisotopic (exact) mass is 290 g/mol. The van der Waals surface area contributed by atoms with Crippen LogP contribution in [-0.2, 0) is 9.47 Å². The summed E-state index contributed by atoms with van der Waals surface area (Å²) in [6.07, 6.45) is 4.83. The molecular weight excluding hydrogens is 268 g/mol. The van der Waals surface area contributed by atoms with Crippen LogP contribution in [0.3, 0.4) is 0 Å². The van der Waals surface area contributed by atoms with Gasteiger partial charge in [0.1, 0.15) is 5.69 Å². The summed E-state index contributed by atoms with van der Waals surface area (Å²) in [4.78, 5) is 18.7. The van der Waals surface area contributed by atoms with E-state index in [-0.39, 0.29) is 17.4 Å². The Morgan fingerprint density at radius 3 is 3.24 bits per heavy atom. The van der Waals surface area contributed by atoms with Crippen molar-refractivity contribution in [2.45, 2.75) is 25.4 Å². The van der Waals surface area contributed by atoms with E-state index in [2.05, 4.69) is 4.98 Å². The molecule has 2 saturated heterocycles. The number of hydrogen-bond donors (Lipinski definition) is 0. The zero-order chi connectivity index (χ0) is 14.7. The molecule has 5 nitrogen and oxygen atoms in total. The molecule has 2 atom stereocenters. The molecule has 0 unspecified atom stereocenters. The van der Waals surface area contributed by atoms with Crippen LogP contribution in [0.25, 0.3) is 0 Å². The Hall–Kier alpha value is -1.46. The van der Waals surface area contributed by atoms with Gasteiger partial charge in [0.05, 0.1) is 12.7 Å². The first-order valence-corrected chi connectivity index (χ1v) is 7.56. The minimum atomic E-state index is -0.0598. The van der Waals surface area contributed by atoms with Gasteiger partial charge in [-0.25, -0.2) is 0 Å². The second-order valence-corrected chi connectivity index (χ2v) is 5.99. The van der Waals surface area contributed by atoms with Crippen molar-refractivity contribution < 1.29 is 14.3 Å². The van der Waals surface area contributed by atoms with Gasteiger partial charge in [-0.3, -0.25) is 9.78 Å². The highest BCUT2D eigenvalue weighted by molar-refractivity contribution is 5.92. The highest BCUT2D eigenvalue weighted by atomic mass is 16.5. The first-order valence-electron chi connectivity index (χ1n) is 7.56. The lowest BCUT2D eigenvalue weighted by Crippen LogP contribution is -2.58. The summed E-state index contributed by atoms with van der Waals surface area (Å²) in [7, 11) is 1.72. The Morgan fingerprint density at radius 2 is 2.48 bits per heavy atom. The minimum absolute atomic E-state index is 0.00935. The Morgan fingerprint density at radius 1 is 1.57 bits per heavy atom. The summed E-state index contributed by atoms with van der Waals surface area (Å²) in [5, 5.41) is 0. The van der Waals surface area contributed by atoms with E-state index in [9.17, 15) is 4.79 Å². The van der Waals surface area contributed by atoms with E-state index in [0.717, 1.165) is 32.4 Å². The molecule has 0 saturated carbocycles. The van der Waals surface area contributed by atoms with E-state index in [1.54, 1.807) is 19.4 Å². The third-order valence-electron chi connectivity index (χ3n) is 4.59. The molecule has 1 aromatic heterocycles. The van der Waals surface area contributed by atoms with Gasteiger partial charge in [0, 0.05) is 38.4 Å². The maximum atomic E-state index is 12.6. The van der Waals surface area contributed by atoms with Crippen LogP contribution in [-0.4, -0.2) is 55.3 Å². The molecule has 0 aromatic carbocycles. The maximum absolute atomic E-state index is 12.6. The molecule has 2 aliphatic rings. The van der Waals surface area contributed by atoms with E-state index in [1.807, 2.05) is 17.0 Å². The number of hydrogen-bond acceptors (Lipinski definition) is 4. The van der Waals surface area contributed by atoms with Gasteiger partial charge in [-0.05, 0) is 31.4 Å². The highest BCUT2D eigenvalue weighted by Crippen LogP contribution is 2.40. The number of aromatic nitrogens is 1. The van der Waals surface area contributed by atoms with Crippen molar-refractivity contribution in [1.82, 2.24) is 9.88 Å². The van der Waals surface area contributed by atoms with Crippen LogP contribution in [0, 0.1) is 5.41 Å². The Kier molecular flexibility index (Phi) is 4.22. The number of amides is 1. The SMILES string of the molecule is COC[C@]12CCCO[C@H]1CCN(C(=O)c1ccccn1)C2. The minimum Gasteiger partial charge on any atom is -0.384 e. The van der Waals surface area contributed by atoms with Crippen LogP contribution in [0.5, 0.6) is 0 Å². The van der Waals surface area contributed by atoms with Crippen molar-refractivity contribution >= 4 is 5.91 Å². The second kappa shape index (κ2) is 6.12. The number of likely N-dealkylation sites (tertiary alicyclic amines) is 1. The third-order valence-corrected chi connectivity index (χ3v) is 4.59. The van der Waals surface area contributed by atoms with Crippen LogP contribution >= 0.6 is 0 Å². The molecule has 2 aliphatic heterocycles. The summed E-state index contributed by atoms with van der Waals surface area (Å²) in [5.74, 6) is 0.00935. The Balaban J connectivity index is 1.78. The number of piperidine rings is 1. The largest absolute Gasteiger partial charge is 0.384 e. The molecule has 2 fully saturated rings. The number of carbonyl (C=O) groups excluding carboxylic acids is 1. The predicted molar refractivity (Wildman–Crippen MR) is 78.0 cm³/mol. The molecule has 21 heavy (non-hydrogen) atoms. The molecule has 3 rings (SSSR count). The summed E-state index contributed by atoms with van der Waals surface area (Å²) < 4.78 is 11.4. The van der Waals surface area contributed by atoms with Crippen LogP contribution < -0.4 is 0 Å². The average molecular weight is 290 g/mol. The van der Waals surface area contributed by atoms with Gasteiger partial charge in [-0.1, -0.05) is 6.07 Å². The summed E-state index contributed by atoms with van der Waals surface area (Å²) >= 11 is 0. The Bertz CT molecular complexity index is 490. The molecule has 1 aromatic rings. The molecule has 0 radical (unpaired) electrons. The van der Waals surface area contributed by atoms with E-state index in [4.69, 9.17) is 9.47 Å². The van der Waals surface area contributed by atoms with Gasteiger partial charge in [-0.15, -0.1) is 0 Å². The fraction of sp³-hybridized carbons (Fsp3) is 0.625. The number of methoxy groups -OCH3 is 1. The van der Waals surface area contributed by atoms with Crippen LogP contribution in [0.15, 0.2) is 24.4 Å². The van der Waals surface area contributed by atoms with Crippen molar-refractivity contribution in [2.75, 3.05) is 33.4 Å². The van der Waals surface area contributed by atoms with Crippen LogP contribution in [0.2, 0.25) is 0 Å². The lowest BCUT2D eigenvalue weighted by Gasteiger charge is -2.50. The number of ether oxygens (including phenoxy) is 2. The number of fused-ring (bicyclic) bond motifs is 1. The topological polar surface area (TPSA) is 51.7 Å². The van der Waals surface area contributed by atoms with Gasteiger partial charge in [0.25, 0.3) is 5.91 Å². The predicted octanol–water partition coefficient (Wildman–Crippen LogP) is 1.74. The summed E-state index contributed by atoms with van der Waals surface area (Å²) in [6.45, 7) is 2.89. The quantitative estimate of drug-likeness (QED) is 0.851. The normalized spacial score (nSPS) is 29.0. The zero-order valence-electron chi connectivity index (χ0n) is 12.5. The lowest BCUT2D eigenvalue weighted by atomic mass is 9.73. The molecule has 1 amide bonds. The second-order valence-electron chi connectivity index (χ2n) is 5.99. The van der Waals surface area contributed by atoms with E-state index >= 15 is 0 Å². The van der Waals surface area contributed by atoms with Crippen molar-refractivity contribution in [1.29, 1.82) is 0 Å². The molecular formula is C16H22N2O3. The average Bonchev–Trinajstić information content (AvgIpc) is 2.54. The zero-order valence-corrected chi connectivity index (χ0v) is 12.5. The van der Waals surface area contributed by atoms with Crippen molar-refractivity contribution in [3.8, 4) is 0 Å². The molecule has 0 bridgehead atoms. The van der Waals surface area contributed by atoms with E-state index < -0.39 is 0 Å². The number of rotatable bonds is 3. The van der Waals surface area contributed by atoms with Crippen molar-refractivity contribution in [3.05, 3.63) is 30.1 Å². The maximum Gasteiger partial charge on any atom is 0.272 e. The molecule has 0 aliphatic carbocycles. The Labute approximate surface area is 125 Å². The van der Waals surface area contributed by atoms with Crippen LogP contribution in [0.4, 0.5) is 0 Å². The lowest BCUT2D eigenvalue weighted by molar-refractivity contribution is -0.142. The fourth-order valence-corrected chi connectivity index (χ4v) is 3.61. The standard InChI is InChI=1S/C16H22N2O3/c1-20-12-16-7-4-10-21-14(16)6-9-18(11-16)15(19)13-5-2-3-8-17-13/h2-3,5,8,14H,4,6-7,9-12H2,1H3/t14-,16+/m0/s1. The first kappa shape index (κ1) is 14.5. The van der Waals surface area contributed by atoms with Gasteiger partial charge in [0.2, 0.25) is 0 Å².